The predicted octanol–water partition coefficient (Wildman–Crippen LogP) is 3.46. The van der Waals surface area contributed by atoms with E-state index in [1.165, 1.54) is 23.1 Å². The fourth-order valence-corrected chi connectivity index (χ4v) is 3.14. The fourth-order valence-electron chi connectivity index (χ4n) is 3.14. The Bertz CT molecular complexity index is 739. The van der Waals surface area contributed by atoms with Gasteiger partial charge in [0.25, 0.3) is 5.91 Å². The SMILES string of the molecule is Cn1ccc(C2CCCN(C(=O)c3ccccc3C(F)(F)F)C2)n1. The second-order valence-corrected chi connectivity index (χ2v) is 6.05. The number of hydrogen-bond acceptors (Lipinski definition) is 2. The van der Waals surface area contributed by atoms with Gasteiger partial charge in [0, 0.05) is 32.3 Å². The number of likely N-dealkylation sites (tertiary alicyclic amines) is 1. The van der Waals surface area contributed by atoms with E-state index in [2.05, 4.69) is 5.10 Å². The molecule has 1 unspecified atom stereocenters. The molecule has 0 radical (unpaired) electrons. The molecular formula is C17H18F3N3O. The number of aromatic nitrogens is 2. The smallest absolute Gasteiger partial charge is 0.338 e. The van der Waals surface area contributed by atoms with Crippen molar-refractivity contribution in [2.45, 2.75) is 24.9 Å². The maximum Gasteiger partial charge on any atom is 0.417 e. The molecule has 1 amide bonds. The highest BCUT2D eigenvalue weighted by Crippen LogP contribution is 2.33. The van der Waals surface area contributed by atoms with Crippen molar-refractivity contribution in [3.8, 4) is 0 Å². The van der Waals surface area contributed by atoms with Crippen LogP contribution >= 0.6 is 0 Å². The monoisotopic (exact) mass is 337 g/mol. The standard InChI is InChI=1S/C17H18F3N3O/c1-22-10-8-15(21-22)12-5-4-9-23(11-12)16(24)13-6-2-3-7-14(13)17(18,19)20/h2-3,6-8,10,12H,4-5,9,11H2,1H3. The summed E-state index contributed by atoms with van der Waals surface area (Å²) in [5.74, 6) is -0.509. The van der Waals surface area contributed by atoms with Crippen molar-refractivity contribution in [1.29, 1.82) is 0 Å². The minimum Gasteiger partial charge on any atom is -0.338 e. The second-order valence-electron chi connectivity index (χ2n) is 6.05. The highest BCUT2D eigenvalue weighted by atomic mass is 19.4. The summed E-state index contributed by atoms with van der Waals surface area (Å²) in [4.78, 5) is 14.2. The largest absolute Gasteiger partial charge is 0.417 e. The van der Waals surface area contributed by atoms with Crippen molar-refractivity contribution in [3.05, 3.63) is 53.3 Å². The molecule has 1 aliphatic rings. The van der Waals surface area contributed by atoms with Crippen molar-refractivity contribution in [2.75, 3.05) is 13.1 Å². The Morgan fingerprint density at radius 2 is 2.00 bits per heavy atom. The number of nitrogens with zero attached hydrogens (tertiary/aromatic N) is 3. The summed E-state index contributed by atoms with van der Waals surface area (Å²) in [5.41, 5.74) is -0.291. The third-order valence-corrected chi connectivity index (χ3v) is 4.32. The maximum absolute atomic E-state index is 13.1. The lowest BCUT2D eigenvalue weighted by Gasteiger charge is -2.32. The van der Waals surface area contributed by atoms with Crippen LogP contribution in [0, 0.1) is 0 Å². The van der Waals surface area contributed by atoms with E-state index in [1.54, 1.807) is 4.68 Å². The number of hydrogen-bond donors (Lipinski definition) is 0. The molecule has 1 saturated heterocycles. The molecule has 0 N–H and O–H groups in total. The lowest BCUT2D eigenvalue weighted by molar-refractivity contribution is -0.138. The summed E-state index contributed by atoms with van der Waals surface area (Å²) in [5, 5.41) is 4.36. The van der Waals surface area contributed by atoms with Gasteiger partial charge >= 0.3 is 6.18 Å². The van der Waals surface area contributed by atoms with E-state index in [9.17, 15) is 18.0 Å². The van der Waals surface area contributed by atoms with E-state index >= 15 is 0 Å². The minimum absolute atomic E-state index is 0.0574. The molecule has 24 heavy (non-hydrogen) atoms. The molecule has 0 saturated carbocycles. The first-order valence-corrected chi connectivity index (χ1v) is 7.81. The molecule has 7 heteroatoms. The van der Waals surface area contributed by atoms with Gasteiger partial charge in [-0.25, -0.2) is 0 Å². The number of benzene rings is 1. The Labute approximate surface area is 137 Å². The first-order chi connectivity index (χ1) is 11.4. The number of piperidine rings is 1. The highest BCUT2D eigenvalue weighted by Gasteiger charge is 2.36. The number of alkyl halides is 3. The van der Waals surface area contributed by atoms with E-state index in [-0.39, 0.29) is 11.5 Å². The Balaban J connectivity index is 1.83. The van der Waals surface area contributed by atoms with Gasteiger partial charge in [-0.15, -0.1) is 0 Å². The molecule has 1 aromatic heterocycles. The fraction of sp³-hybridized carbons (Fsp3) is 0.412. The van der Waals surface area contributed by atoms with Gasteiger partial charge in [-0.2, -0.15) is 18.3 Å². The number of amides is 1. The molecule has 3 rings (SSSR count). The molecular weight excluding hydrogens is 319 g/mol. The normalized spacial score (nSPS) is 18.7. The van der Waals surface area contributed by atoms with Gasteiger partial charge in [0.2, 0.25) is 0 Å². The van der Waals surface area contributed by atoms with Gasteiger partial charge in [0.05, 0.1) is 16.8 Å². The molecule has 2 aromatic rings. The average molecular weight is 337 g/mol. The van der Waals surface area contributed by atoms with E-state index in [1.807, 2.05) is 19.3 Å². The molecule has 0 spiro atoms. The number of carbonyl (C=O) groups is 1. The first-order valence-electron chi connectivity index (χ1n) is 7.81. The van der Waals surface area contributed by atoms with E-state index in [4.69, 9.17) is 0 Å². The molecule has 2 heterocycles. The third-order valence-electron chi connectivity index (χ3n) is 4.32. The molecule has 128 valence electrons. The lowest BCUT2D eigenvalue weighted by atomic mass is 9.94. The summed E-state index contributed by atoms with van der Waals surface area (Å²) < 4.78 is 41.1. The van der Waals surface area contributed by atoms with Gasteiger partial charge in [-0.05, 0) is 31.0 Å². The zero-order chi connectivity index (χ0) is 17.3. The predicted molar refractivity (Wildman–Crippen MR) is 82.5 cm³/mol. The summed E-state index contributed by atoms with van der Waals surface area (Å²) in [7, 11) is 1.81. The zero-order valence-corrected chi connectivity index (χ0v) is 13.3. The van der Waals surface area contributed by atoms with Gasteiger partial charge in [0.1, 0.15) is 0 Å². The van der Waals surface area contributed by atoms with Crippen LogP contribution in [0.4, 0.5) is 13.2 Å². The Morgan fingerprint density at radius 3 is 2.67 bits per heavy atom. The van der Waals surface area contributed by atoms with Crippen LogP contribution in [-0.4, -0.2) is 33.7 Å². The molecule has 0 aliphatic carbocycles. The number of carbonyl (C=O) groups excluding carboxylic acids is 1. The van der Waals surface area contributed by atoms with Gasteiger partial charge in [0.15, 0.2) is 0 Å². The topological polar surface area (TPSA) is 38.1 Å². The van der Waals surface area contributed by atoms with Crippen LogP contribution in [0.5, 0.6) is 0 Å². The maximum atomic E-state index is 13.1. The molecule has 1 aromatic carbocycles. The number of aryl methyl sites for hydroxylation is 1. The number of halogens is 3. The zero-order valence-electron chi connectivity index (χ0n) is 13.3. The van der Waals surface area contributed by atoms with E-state index in [0.29, 0.717) is 13.1 Å². The molecule has 1 fully saturated rings. The van der Waals surface area contributed by atoms with Gasteiger partial charge < -0.3 is 4.90 Å². The van der Waals surface area contributed by atoms with Gasteiger partial charge in [-0.1, -0.05) is 12.1 Å². The second kappa shape index (κ2) is 6.30. The third kappa shape index (κ3) is 3.29. The van der Waals surface area contributed by atoms with Crippen LogP contribution in [-0.2, 0) is 13.2 Å². The van der Waals surface area contributed by atoms with Gasteiger partial charge in [-0.3, -0.25) is 9.48 Å². The summed E-state index contributed by atoms with van der Waals surface area (Å²) >= 11 is 0. The summed E-state index contributed by atoms with van der Waals surface area (Å²) in [6.07, 6.45) is -1.08. The van der Waals surface area contributed by atoms with Crippen LogP contribution in [0.3, 0.4) is 0 Å². The lowest BCUT2D eigenvalue weighted by Crippen LogP contribution is -2.40. The average Bonchev–Trinajstić information content (AvgIpc) is 3.00. The van der Waals surface area contributed by atoms with Crippen molar-refractivity contribution < 1.29 is 18.0 Å². The van der Waals surface area contributed by atoms with E-state index < -0.39 is 17.6 Å². The Hall–Kier alpha value is -2.31. The Morgan fingerprint density at radius 1 is 1.25 bits per heavy atom. The highest BCUT2D eigenvalue weighted by molar-refractivity contribution is 5.96. The van der Waals surface area contributed by atoms with E-state index in [0.717, 1.165) is 24.6 Å². The minimum atomic E-state index is -4.54. The molecule has 1 atom stereocenters. The quantitative estimate of drug-likeness (QED) is 0.842. The van der Waals surface area contributed by atoms with Crippen molar-refractivity contribution >= 4 is 5.91 Å². The van der Waals surface area contributed by atoms with Crippen LogP contribution in [0.1, 0.15) is 40.4 Å². The van der Waals surface area contributed by atoms with Crippen LogP contribution in [0.2, 0.25) is 0 Å². The first kappa shape index (κ1) is 16.5. The molecule has 4 nitrogen and oxygen atoms in total. The summed E-state index contributed by atoms with van der Waals surface area (Å²) in [6, 6.07) is 6.85. The van der Waals surface area contributed by atoms with Crippen molar-refractivity contribution in [2.24, 2.45) is 7.05 Å². The van der Waals surface area contributed by atoms with Crippen LogP contribution in [0.15, 0.2) is 36.5 Å². The van der Waals surface area contributed by atoms with Crippen molar-refractivity contribution in [1.82, 2.24) is 14.7 Å². The molecule has 1 aliphatic heterocycles. The Kier molecular flexibility index (Phi) is 4.34. The number of rotatable bonds is 2. The summed E-state index contributed by atoms with van der Waals surface area (Å²) in [6.45, 7) is 0.858. The molecule has 0 bridgehead atoms. The van der Waals surface area contributed by atoms with Crippen LogP contribution < -0.4 is 0 Å². The van der Waals surface area contributed by atoms with Crippen molar-refractivity contribution in [3.63, 3.8) is 0 Å². The van der Waals surface area contributed by atoms with Crippen LogP contribution in [0.25, 0.3) is 0 Å².